The molecule has 0 aliphatic heterocycles. The van der Waals surface area contributed by atoms with Crippen molar-refractivity contribution < 1.29 is 14.3 Å². The maximum Gasteiger partial charge on any atom is 0.183 e. The lowest BCUT2D eigenvalue weighted by molar-refractivity contribution is 0.0953. The first-order valence-electron chi connectivity index (χ1n) is 4.80. The fraction of sp³-hybridized carbons (Fsp3) is 0.333. The van der Waals surface area contributed by atoms with Crippen molar-refractivity contribution in [1.29, 1.82) is 5.26 Å². The Hall–Kier alpha value is -2.02. The molecule has 1 aromatic rings. The number of methoxy groups -OCH3 is 2. The highest BCUT2D eigenvalue weighted by atomic mass is 16.5. The van der Waals surface area contributed by atoms with Crippen LogP contribution in [0.15, 0.2) is 18.2 Å². The molecule has 0 spiro atoms. The molecule has 1 atom stereocenters. The van der Waals surface area contributed by atoms with E-state index in [1.54, 1.807) is 25.1 Å². The summed E-state index contributed by atoms with van der Waals surface area (Å²) in [5.41, 5.74) is 0.400. The van der Waals surface area contributed by atoms with Crippen molar-refractivity contribution in [3.05, 3.63) is 23.8 Å². The van der Waals surface area contributed by atoms with Gasteiger partial charge in [0, 0.05) is 6.07 Å². The van der Waals surface area contributed by atoms with Crippen LogP contribution in [0.1, 0.15) is 17.3 Å². The second-order valence-electron chi connectivity index (χ2n) is 3.28. The van der Waals surface area contributed by atoms with E-state index >= 15 is 0 Å². The molecule has 1 rings (SSSR count). The highest BCUT2D eigenvalue weighted by Crippen LogP contribution is 2.26. The Morgan fingerprint density at radius 3 is 2.56 bits per heavy atom. The topological polar surface area (TPSA) is 59.3 Å². The minimum absolute atomic E-state index is 0.248. The number of nitrogens with zero attached hydrogens (tertiary/aromatic N) is 1. The molecule has 16 heavy (non-hydrogen) atoms. The van der Waals surface area contributed by atoms with Crippen LogP contribution in [0.4, 0.5) is 0 Å². The normalized spacial score (nSPS) is 11.4. The molecule has 0 radical (unpaired) electrons. The third kappa shape index (κ3) is 2.31. The van der Waals surface area contributed by atoms with Gasteiger partial charge in [0.05, 0.1) is 25.9 Å². The molecule has 0 aromatic heterocycles. The van der Waals surface area contributed by atoms with Gasteiger partial charge in [-0.1, -0.05) is 0 Å². The van der Waals surface area contributed by atoms with Crippen molar-refractivity contribution in [2.45, 2.75) is 6.92 Å². The smallest absolute Gasteiger partial charge is 0.183 e. The number of ketones is 1. The van der Waals surface area contributed by atoms with E-state index in [-0.39, 0.29) is 5.78 Å². The molecule has 4 heteroatoms. The lowest BCUT2D eigenvalue weighted by atomic mass is 10.00. The van der Waals surface area contributed by atoms with Gasteiger partial charge in [-0.15, -0.1) is 0 Å². The molecule has 1 unspecified atom stereocenters. The average molecular weight is 219 g/mol. The standard InChI is InChI=1S/C12H13NO3/c1-8(7-13)12(14)10-5-4-9(15-2)6-11(10)16-3/h4-6,8H,1-3H3. The minimum Gasteiger partial charge on any atom is -0.497 e. The lowest BCUT2D eigenvalue weighted by Crippen LogP contribution is -2.10. The van der Waals surface area contributed by atoms with E-state index in [0.717, 1.165) is 0 Å². The Balaban J connectivity index is 3.14. The van der Waals surface area contributed by atoms with Gasteiger partial charge in [-0.25, -0.2) is 0 Å². The van der Waals surface area contributed by atoms with Gasteiger partial charge in [-0.3, -0.25) is 4.79 Å². The second kappa shape index (κ2) is 5.17. The van der Waals surface area contributed by atoms with Crippen molar-refractivity contribution in [3.8, 4) is 17.6 Å². The number of benzene rings is 1. The summed E-state index contributed by atoms with van der Waals surface area (Å²) >= 11 is 0. The fourth-order valence-corrected chi connectivity index (χ4v) is 1.29. The van der Waals surface area contributed by atoms with Crippen LogP contribution in [-0.2, 0) is 0 Å². The highest BCUT2D eigenvalue weighted by molar-refractivity contribution is 6.01. The van der Waals surface area contributed by atoms with Crippen molar-refractivity contribution in [2.24, 2.45) is 5.92 Å². The molecule has 84 valence electrons. The molecule has 0 heterocycles. The van der Waals surface area contributed by atoms with E-state index in [9.17, 15) is 4.79 Å². The first kappa shape index (κ1) is 12.1. The van der Waals surface area contributed by atoms with E-state index < -0.39 is 5.92 Å². The van der Waals surface area contributed by atoms with Crippen LogP contribution >= 0.6 is 0 Å². The van der Waals surface area contributed by atoms with E-state index in [4.69, 9.17) is 14.7 Å². The molecular weight excluding hydrogens is 206 g/mol. The zero-order valence-electron chi connectivity index (χ0n) is 9.48. The van der Waals surface area contributed by atoms with Crippen LogP contribution in [0.3, 0.4) is 0 Å². The number of ether oxygens (including phenoxy) is 2. The Bertz CT molecular complexity index is 434. The molecule has 1 aromatic carbocycles. The second-order valence-corrected chi connectivity index (χ2v) is 3.28. The average Bonchev–Trinajstić information content (AvgIpc) is 2.35. The van der Waals surface area contributed by atoms with Crippen molar-refractivity contribution in [3.63, 3.8) is 0 Å². The molecule has 0 bridgehead atoms. The maximum atomic E-state index is 11.8. The predicted octanol–water partition coefficient (Wildman–Crippen LogP) is 2.05. The fourth-order valence-electron chi connectivity index (χ4n) is 1.29. The molecule has 4 nitrogen and oxygen atoms in total. The summed E-state index contributed by atoms with van der Waals surface area (Å²) < 4.78 is 10.1. The van der Waals surface area contributed by atoms with Gasteiger partial charge in [-0.05, 0) is 19.1 Å². The Labute approximate surface area is 94.4 Å². The zero-order chi connectivity index (χ0) is 12.1. The Kier molecular flexibility index (Phi) is 3.90. The van der Waals surface area contributed by atoms with Gasteiger partial charge in [0.1, 0.15) is 17.4 Å². The molecule has 0 N–H and O–H groups in total. The van der Waals surface area contributed by atoms with Gasteiger partial charge in [0.15, 0.2) is 5.78 Å². The first-order chi connectivity index (χ1) is 7.63. The Morgan fingerprint density at radius 2 is 2.06 bits per heavy atom. The van der Waals surface area contributed by atoms with Gasteiger partial charge < -0.3 is 9.47 Å². The van der Waals surface area contributed by atoms with E-state index in [1.165, 1.54) is 14.2 Å². The van der Waals surface area contributed by atoms with E-state index in [1.807, 2.05) is 6.07 Å². The SMILES string of the molecule is COc1ccc(C(=O)C(C)C#N)c(OC)c1. The maximum absolute atomic E-state index is 11.8. The molecule has 0 saturated carbocycles. The van der Waals surface area contributed by atoms with Crippen molar-refractivity contribution in [1.82, 2.24) is 0 Å². The Morgan fingerprint density at radius 1 is 1.38 bits per heavy atom. The first-order valence-corrected chi connectivity index (χ1v) is 4.80. The van der Waals surface area contributed by atoms with Crippen LogP contribution in [0.2, 0.25) is 0 Å². The number of Topliss-reactive ketones (excluding diaryl/α,β-unsaturated/α-hetero) is 1. The van der Waals surface area contributed by atoms with Crippen molar-refractivity contribution >= 4 is 5.78 Å². The monoisotopic (exact) mass is 219 g/mol. The van der Waals surface area contributed by atoms with Gasteiger partial charge >= 0.3 is 0 Å². The zero-order valence-corrected chi connectivity index (χ0v) is 9.48. The number of carbonyl (C=O) groups excluding carboxylic acids is 1. The minimum atomic E-state index is -0.678. The molecular formula is C12H13NO3. The summed E-state index contributed by atoms with van der Waals surface area (Å²) in [6, 6.07) is 6.80. The van der Waals surface area contributed by atoms with Crippen LogP contribution in [-0.4, -0.2) is 20.0 Å². The van der Waals surface area contributed by atoms with E-state index in [0.29, 0.717) is 17.1 Å². The third-order valence-corrected chi connectivity index (χ3v) is 2.26. The summed E-state index contributed by atoms with van der Waals surface area (Å²) in [6.07, 6.45) is 0. The molecule has 0 amide bonds. The van der Waals surface area contributed by atoms with E-state index in [2.05, 4.69) is 0 Å². The van der Waals surface area contributed by atoms with Crippen LogP contribution < -0.4 is 9.47 Å². The molecule has 0 fully saturated rings. The van der Waals surface area contributed by atoms with Crippen LogP contribution in [0, 0.1) is 17.2 Å². The van der Waals surface area contributed by atoms with Crippen LogP contribution in [0.5, 0.6) is 11.5 Å². The molecule has 0 aliphatic rings. The molecule has 0 saturated heterocycles. The highest BCUT2D eigenvalue weighted by Gasteiger charge is 2.18. The number of rotatable bonds is 4. The summed E-state index contributed by atoms with van der Waals surface area (Å²) in [5.74, 6) is 0.105. The van der Waals surface area contributed by atoms with Crippen LogP contribution in [0.25, 0.3) is 0 Å². The quantitative estimate of drug-likeness (QED) is 0.727. The third-order valence-electron chi connectivity index (χ3n) is 2.26. The predicted molar refractivity (Wildman–Crippen MR) is 58.7 cm³/mol. The molecule has 0 aliphatic carbocycles. The number of hydrogen-bond donors (Lipinski definition) is 0. The lowest BCUT2D eigenvalue weighted by Gasteiger charge is -2.10. The van der Waals surface area contributed by atoms with Gasteiger partial charge in [-0.2, -0.15) is 5.26 Å². The summed E-state index contributed by atoms with van der Waals surface area (Å²) in [6.45, 7) is 1.56. The van der Waals surface area contributed by atoms with Gasteiger partial charge in [0.2, 0.25) is 0 Å². The largest absolute Gasteiger partial charge is 0.497 e. The summed E-state index contributed by atoms with van der Waals surface area (Å²) in [7, 11) is 3.01. The van der Waals surface area contributed by atoms with Crippen molar-refractivity contribution in [2.75, 3.05) is 14.2 Å². The summed E-state index contributed by atoms with van der Waals surface area (Å²) in [4.78, 5) is 11.8. The number of carbonyl (C=O) groups is 1. The summed E-state index contributed by atoms with van der Waals surface area (Å²) in [5, 5.41) is 8.69. The number of nitriles is 1. The van der Waals surface area contributed by atoms with Gasteiger partial charge in [0.25, 0.3) is 0 Å². The number of hydrogen-bond acceptors (Lipinski definition) is 4.